The Morgan fingerprint density at radius 2 is 2.03 bits per heavy atom. The van der Waals surface area contributed by atoms with Crippen LogP contribution in [0, 0.1) is 6.92 Å². The molecule has 2 heterocycles. The molecular formula is C23H25N3OS2. The molecule has 1 amide bonds. The number of anilines is 1. The highest BCUT2D eigenvalue weighted by atomic mass is 32.2. The summed E-state index contributed by atoms with van der Waals surface area (Å²) in [6, 6.07) is 16.8. The van der Waals surface area contributed by atoms with Gasteiger partial charge in [0.25, 0.3) is 5.91 Å². The summed E-state index contributed by atoms with van der Waals surface area (Å²) in [5.74, 6) is 0.763. The number of hydrogen-bond acceptors (Lipinski definition) is 5. The van der Waals surface area contributed by atoms with Gasteiger partial charge in [-0.25, -0.2) is 4.98 Å². The topological polar surface area (TPSA) is 45.2 Å². The molecule has 1 aliphatic rings. The van der Waals surface area contributed by atoms with Crippen LogP contribution in [0.1, 0.15) is 33.5 Å². The number of thioether (sulfide) groups is 1. The monoisotopic (exact) mass is 423 g/mol. The van der Waals surface area contributed by atoms with Crippen LogP contribution < -0.4 is 10.2 Å². The number of benzene rings is 2. The molecule has 0 bridgehead atoms. The van der Waals surface area contributed by atoms with Crippen LogP contribution in [0.2, 0.25) is 0 Å². The van der Waals surface area contributed by atoms with Crippen molar-refractivity contribution in [3.63, 3.8) is 0 Å². The highest BCUT2D eigenvalue weighted by molar-refractivity contribution is 7.98. The minimum atomic E-state index is -0.0114. The molecule has 0 saturated heterocycles. The second-order valence-electron chi connectivity index (χ2n) is 7.27. The van der Waals surface area contributed by atoms with Crippen LogP contribution in [0.25, 0.3) is 0 Å². The number of rotatable bonds is 7. The summed E-state index contributed by atoms with van der Waals surface area (Å²) in [6.45, 7) is 5.70. The van der Waals surface area contributed by atoms with E-state index in [2.05, 4.69) is 51.8 Å². The van der Waals surface area contributed by atoms with Crippen LogP contribution in [0.5, 0.6) is 0 Å². The van der Waals surface area contributed by atoms with Gasteiger partial charge in [0.05, 0.1) is 16.3 Å². The predicted octanol–water partition coefficient (Wildman–Crippen LogP) is 4.92. The molecule has 0 fully saturated rings. The number of hydrogen-bond donors (Lipinski definition) is 1. The number of aryl methyl sites for hydroxylation is 1. The third-order valence-corrected chi connectivity index (χ3v) is 7.09. The molecule has 0 spiro atoms. The first-order chi connectivity index (χ1) is 14.1. The first-order valence-corrected chi connectivity index (χ1v) is 11.7. The van der Waals surface area contributed by atoms with E-state index in [4.69, 9.17) is 0 Å². The number of thiazole rings is 1. The van der Waals surface area contributed by atoms with E-state index in [9.17, 15) is 4.79 Å². The number of aromatic nitrogens is 1. The van der Waals surface area contributed by atoms with E-state index < -0.39 is 0 Å². The molecule has 1 aromatic heterocycles. The van der Waals surface area contributed by atoms with Crippen molar-refractivity contribution in [2.45, 2.75) is 37.0 Å². The van der Waals surface area contributed by atoms with Crippen molar-refractivity contribution in [2.75, 3.05) is 18.0 Å². The number of fused-ring (bicyclic) bond motifs is 1. The zero-order valence-electron chi connectivity index (χ0n) is 16.7. The molecule has 1 N–H and O–H groups in total. The van der Waals surface area contributed by atoms with Gasteiger partial charge in [0, 0.05) is 40.8 Å². The largest absolute Gasteiger partial charge is 0.367 e. The van der Waals surface area contributed by atoms with Crippen molar-refractivity contribution in [1.82, 2.24) is 10.3 Å². The van der Waals surface area contributed by atoms with Gasteiger partial charge in [-0.15, -0.1) is 23.1 Å². The van der Waals surface area contributed by atoms with Crippen LogP contribution in [-0.2, 0) is 12.2 Å². The minimum Gasteiger partial charge on any atom is -0.367 e. The summed E-state index contributed by atoms with van der Waals surface area (Å²) < 4.78 is 0. The van der Waals surface area contributed by atoms with E-state index in [0.717, 1.165) is 39.9 Å². The van der Waals surface area contributed by atoms with Crippen molar-refractivity contribution in [2.24, 2.45) is 0 Å². The third-order valence-electron chi connectivity index (χ3n) is 5.16. The van der Waals surface area contributed by atoms with Gasteiger partial charge in [-0.2, -0.15) is 0 Å². The van der Waals surface area contributed by atoms with Gasteiger partial charge in [0.1, 0.15) is 0 Å². The van der Waals surface area contributed by atoms with Crippen molar-refractivity contribution in [3.05, 3.63) is 75.7 Å². The van der Waals surface area contributed by atoms with E-state index >= 15 is 0 Å². The van der Waals surface area contributed by atoms with Crippen molar-refractivity contribution < 1.29 is 4.79 Å². The average molecular weight is 424 g/mol. The van der Waals surface area contributed by atoms with Gasteiger partial charge in [0.2, 0.25) is 0 Å². The number of nitrogens with one attached hydrogen (secondary N) is 1. The summed E-state index contributed by atoms with van der Waals surface area (Å²) in [5.41, 5.74) is 4.49. The average Bonchev–Trinajstić information content (AvgIpc) is 3.29. The van der Waals surface area contributed by atoms with Gasteiger partial charge >= 0.3 is 0 Å². The molecule has 1 atom stereocenters. The molecule has 0 saturated carbocycles. The summed E-state index contributed by atoms with van der Waals surface area (Å²) in [6.07, 6.45) is 1.07. The fraction of sp³-hybridized carbons (Fsp3) is 0.304. The first-order valence-electron chi connectivity index (χ1n) is 9.87. The third kappa shape index (κ3) is 4.65. The van der Waals surface area contributed by atoms with Crippen molar-refractivity contribution >= 4 is 34.7 Å². The van der Waals surface area contributed by atoms with Gasteiger partial charge in [-0.05, 0) is 44.0 Å². The van der Waals surface area contributed by atoms with Crippen LogP contribution in [0.3, 0.4) is 0 Å². The number of para-hydroxylation sites is 1. The lowest BCUT2D eigenvalue weighted by molar-refractivity contribution is 0.0951. The quantitative estimate of drug-likeness (QED) is 0.548. The summed E-state index contributed by atoms with van der Waals surface area (Å²) >= 11 is 3.32. The van der Waals surface area contributed by atoms with Crippen molar-refractivity contribution in [1.29, 1.82) is 0 Å². The number of nitrogens with zero attached hydrogens (tertiary/aromatic N) is 2. The predicted molar refractivity (Wildman–Crippen MR) is 122 cm³/mol. The van der Waals surface area contributed by atoms with Gasteiger partial charge in [0.15, 0.2) is 0 Å². The Morgan fingerprint density at radius 3 is 2.86 bits per heavy atom. The van der Waals surface area contributed by atoms with E-state index in [1.54, 1.807) is 23.1 Å². The Bertz CT molecular complexity index is 1000. The first kappa shape index (κ1) is 20.0. The van der Waals surface area contributed by atoms with E-state index in [-0.39, 0.29) is 5.91 Å². The number of carbonyl (C=O) groups excluding carboxylic acids is 1. The summed E-state index contributed by atoms with van der Waals surface area (Å²) in [4.78, 5) is 20.7. The fourth-order valence-corrected chi connectivity index (χ4v) is 5.42. The molecular weight excluding hydrogens is 398 g/mol. The molecule has 6 heteroatoms. The number of carbonyl (C=O) groups is 1. The summed E-state index contributed by atoms with van der Waals surface area (Å²) in [7, 11) is 0. The Labute approximate surface area is 180 Å². The standard InChI is InChI=1S/C23H25N3OS2/c1-16-13-18-7-3-5-9-21(18)26(16)12-11-24-23(27)20-8-4-6-10-22(20)29-15-19-14-28-17(2)25-19/h3-10,14,16H,11-13,15H2,1-2H3,(H,24,27). The molecule has 4 rings (SSSR count). The molecule has 29 heavy (non-hydrogen) atoms. The normalized spacial score (nSPS) is 15.4. The van der Waals surface area contributed by atoms with E-state index in [0.29, 0.717) is 12.6 Å². The van der Waals surface area contributed by atoms with E-state index in [1.807, 2.05) is 31.2 Å². The number of amides is 1. The lowest BCUT2D eigenvalue weighted by atomic mass is 10.1. The van der Waals surface area contributed by atoms with Gasteiger partial charge < -0.3 is 10.2 Å². The second-order valence-corrected chi connectivity index (χ2v) is 9.35. The fourth-order valence-electron chi connectivity index (χ4n) is 3.76. The second kappa shape index (κ2) is 9.01. The zero-order chi connectivity index (χ0) is 20.2. The van der Waals surface area contributed by atoms with Gasteiger partial charge in [-0.3, -0.25) is 4.79 Å². The zero-order valence-corrected chi connectivity index (χ0v) is 18.4. The van der Waals surface area contributed by atoms with Crippen LogP contribution in [0.4, 0.5) is 5.69 Å². The van der Waals surface area contributed by atoms with Crippen LogP contribution in [-0.4, -0.2) is 30.0 Å². The lowest BCUT2D eigenvalue weighted by Crippen LogP contribution is -2.38. The highest BCUT2D eigenvalue weighted by Crippen LogP contribution is 2.31. The molecule has 1 aliphatic heterocycles. The van der Waals surface area contributed by atoms with E-state index in [1.165, 1.54) is 11.3 Å². The maximum Gasteiger partial charge on any atom is 0.252 e. The molecule has 150 valence electrons. The molecule has 3 aromatic rings. The summed E-state index contributed by atoms with van der Waals surface area (Å²) in [5, 5.41) is 6.27. The maximum absolute atomic E-state index is 12.8. The minimum absolute atomic E-state index is 0.0114. The molecule has 1 unspecified atom stereocenters. The molecule has 0 aliphatic carbocycles. The Kier molecular flexibility index (Phi) is 6.21. The highest BCUT2D eigenvalue weighted by Gasteiger charge is 2.25. The molecule has 2 aromatic carbocycles. The Balaban J connectivity index is 1.35. The Hall–Kier alpha value is -2.31. The smallest absolute Gasteiger partial charge is 0.252 e. The van der Waals surface area contributed by atoms with Crippen molar-refractivity contribution in [3.8, 4) is 0 Å². The Morgan fingerprint density at radius 1 is 1.24 bits per heavy atom. The van der Waals surface area contributed by atoms with Crippen LogP contribution >= 0.6 is 23.1 Å². The van der Waals surface area contributed by atoms with Crippen LogP contribution in [0.15, 0.2) is 58.8 Å². The molecule has 0 radical (unpaired) electrons. The van der Waals surface area contributed by atoms with Gasteiger partial charge in [-0.1, -0.05) is 30.3 Å². The maximum atomic E-state index is 12.8. The lowest BCUT2D eigenvalue weighted by Gasteiger charge is -2.25. The SMILES string of the molecule is Cc1nc(CSc2ccccc2C(=O)NCCN2c3ccccc3CC2C)cs1. The molecule has 4 nitrogen and oxygen atoms in total.